The summed E-state index contributed by atoms with van der Waals surface area (Å²) in [4.78, 5) is 13.8. The second kappa shape index (κ2) is 9.03. The van der Waals surface area contributed by atoms with E-state index in [0.29, 0.717) is 0 Å². The highest BCUT2D eigenvalue weighted by atomic mass is 16.4. The smallest absolute Gasteiger partial charge is 0.335 e. The molecule has 5 aromatic carbocycles. The molecule has 0 heterocycles. The van der Waals surface area contributed by atoms with Gasteiger partial charge in [0.25, 0.3) is 0 Å². The van der Waals surface area contributed by atoms with Crippen LogP contribution in [0, 0.1) is 0 Å². The van der Waals surface area contributed by atoms with Gasteiger partial charge in [0.1, 0.15) is 0 Å². The number of nitrogens with zero attached hydrogens (tertiary/aromatic N) is 1. The lowest BCUT2D eigenvalue weighted by Gasteiger charge is -2.29. The molecule has 5 rings (SSSR count). The normalized spacial score (nSPS) is 11.1. The molecule has 0 bridgehead atoms. The van der Waals surface area contributed by atoms with Crippen molar-refractivity contribution >= 4 is 44.6 Å². The van der Waals surface area contributed by atoms with Crippen LogP contribution in [0.25, 0.3) is 21.5 Å². The third-order valence-electron chi connectivity index (χ3n) is 6.60. The molecule has 3 heteroatoms. The Labute approximate surface area is 199 Å². The van der Waals surface area contributed by atoms with E-state index in [1.165, 1.54) is 32.7 Å². The number of carboxylic acid groups (broad SMARTS) is 1. The van der Waals surface area contributed by atoms with E-state index in [4.69, 9.17) is 0 Å². The van der Waals surface area contributed by atoms with Crippen molar-refractivity contribution < 1.29 is 9.90 Å². The van der Waals surface area contributed by atoms with Crippen LogP contribution in [0.2, 0.25) is 0 Å². The van der Waals surface area contributed by atoms with Gasteiger partial charge in [-0.15, -0.1) is 0 Å². The molecule has 0 unspecified atom stereocenters. The summed E-state index contributed by atoms with van der Waals surface area (Å²) in [5, 5.41) is 14.3. The van der Waals surface area contributed by atoms with Gasteiger partial charge in [0.15, 0.2) is 0 Å². The molecule has 0 aliphatic rings. The highest BCUT2D eigenvalue weighted by molar-refractivity contribution is 6.06. The lowest BCUT2D eigenvalue weighted by atomic mass is 9.97. The Kier molecular flexibility index (Phi) is 5.77. The van der Waals surface area contributed by atoms with Crippen LogP contribution >= 0.6 is 0 Å². The van der Waals surface area contributed by atoms with Gasteiger partial charge >= 0.3 is 5.97 Å². The molecule has 0 atom stereocenters. The first-order valence-corrected chi connectivity index (χ1v) is 11.8. The predicted molar refractivity (Wildman–Crippen MR) is 142 cm³/mol. The third kappa shape index (κ3) is 3.69. The number of hydrogen-bond acceptors (Lipinski definition) is 2. The number of carbonyl (C=O) groups is 1. The summed E-state index contributed by atoms with van der Waals surface area (Å²) in [5.74, 6) is -0.923. The van der Waals surface area contributed by atoms with Crippen LogP contribution in [0.15, 0.2) is 97.1 Å². The van der Waals surface area contributed by atoms with Crippen LogP contribution in [0.5, 0.6) is 0 Å². The van der Waals surface area contributed by atoms with Gasteiger partial charge < -0.3 is 10.0 Å². The summed E-state index contributed by atoms with van der Waals surface area (Å²) in [6.45, 7) is 4.36. The fourth-order valence-corrected chi connectivity index (χ4v) is 4.86. The molecule has 0 radical (unpaired) electrons. The van der Waals surface area contributed by atoms with Crippen LogP contribution in [-0.2, 0) is 12.8 Å². The fourth-order valence-electron chi connectivity index (χ4n) is 4.86. The molecule has 1 N–H and O–H groups in total. The van der Waals surface area contributed by atoms with Crippen molar-refractivity contribution in [3.8, 4) is 0 Å². The summed E-state index contributed by atoms with van der Waals surface area (Å²) in [5.41, 5.74) is 5.98. The van der Waals surface area contributed by atoms with E-state index in [1.54, 1.807) is 12.1 Å². The van der Waals surface area contributed by atoms with Gasteiger partial charge in [-0.3, -0.25) is 0 Å². The maximum atomic E-state index is 11.5. The minimum absolute atomic E-state index is 0.279. The highest BCUT2D eigenvalue weighted by Gasteiger charge is 2.19. The van der Waals surface area contributed by atoms with Gasteiger partial charge in [-0.2, -0.15) is 0 Å². The molecule has 34 heavy (non-hydrogen) atoms. The molecule has 0 aromatic heterocycles. The topological polar surface area (TPSA) is 40.5 Å². The van der Waals surface area contributed by atoms with Gasteiger partial charge in [0.2, 0.25) is 0 Å². The summed E-state index contributed by atoms with van der Waals surface area (Å²) in [6.07, 6.45) is 1.92. The quantitative estimate of drug-likeness (QED) is 0.286. The minimum atomic E-state index is -0.923. The monoisotopic (exact) mass is 445 g/mol. The Morgan fingerprint density at radius 2 is 1.06 bits per heavy atom. The van der Waals surface area contributed by atoms with Crippen LogP contribution in [0.4, 0.5) is 17.1 Å². The van der Waals surface area contributed by atoms with Gasteiger partial charge in [0.05, 0.1) is 16.9 Å². The van der Waals surface area contributed by atoms with Crippen molar-refractivity contribution in [2.24, 2.45) is 0 Å². The van der Waals surface area contributed by atoms with E-state index in [2.05, 4.69) is 91.5 Å². The number of anilines is 3. The Bertz CT molecular complexity index is 1410. The first-order chi connectivity index (χ1) is 16.6. The SMILES string of the molecule is CCc1ccc(N(c2ccc(C(=O)O)cc2)c2ccc(CC)c3ccccc23)c2ccccc12. The third-order valence-corrected chi connectivity index (χ3v) is 6.60. The van der Waals surface area contributed by atoms with E-state index in [-0.39, 0.29) is 5.56 Å². The lowest BCUT2D eigenvalue weighted by Crippen LogP contribution is -2.12. The first-order valence-electron chi connectivity index (χ1n) is 11.8. The zero-order chi connectivity index (χ0) is 23.7. The summed E-state index contributed by atoms with van der Waals surface area (Å²) in [7, 11) is 0. The Hall–Kier alpha value is -4.11. The van der Waals surface area contributed by atoms with E-state index < -0.39 is 5.97 Å². The highest BCUT2D eigenvalue weighted by Crippen LogP contribution is 2.43. The standard InChI is InChI=1S/C31H27NO2/c1-3-21-15-19-29(27-11-7-5-9-25(21)27)32(24-17-13-23(14-18-24)31(33)34)30-20-16-22(4-2)26-10-6-8-12-28(26)30/h5-20H,3-4H2,1-2H3,(H,33,34). The van der Waals surface area contributed by atoms with Crippen molar-refractivity contribution in [2.75, 3.05) is 4.90 Å². The molecule has 0 fully saturated rings. The number of aromatic carboxylic acids is 1. The van der Waals surface area contributed by atoms with E-state index in [0.717, 1.165) is 29.9 Å². The zero-order valence-corrected chi connectivity index (χ0v) is 19.5. The molecule has 3 nitrogen and oxygen atoms in total. The second-order valence-corrected chi connectivity index (χ2v) is 8.47. The number of aryl methyl sites for hydroxylation is 2. The molecular formula is C31H27NO2. The predicted octanol–water partition coefficient (Wildman–Crippen LogP) is 8.29. The van der Waals surface area contributed by atoms with Crippen molar-refractivity contribution in [1.29, 1.82) is 0 Å². The van der Waals surface area contributed by atoms with Gasteiger partial charge in [0, 0.05) is 16.5 Å². The number of hydrogen-bond donors (Lipinski definition) is 1. The molecule has 0 spiro atoms. The van der Waals surface area contributed by atoms with Crippen LogP contribution < -0.4 is 4.90 Å². The average Bonchev–Trinajstić information content (AvgIpc) is 2.89. The molecule has 0 aliphatic heterocycles. The summed E-state index contributed by atoms with van der Waals surface area (Å²) >= 11 is 0. The molecule has 0 saturated heterocycles. The Morgan fingerprint density at radius 3 is 1.47 bits per heavy atom. The van der Waals surface area contributed by atoms with Gasteiger partial charge in [-0.1, -0.05) is 74.5 Å². The first kappa shape index (κ1) is 21.7. The van der Waals surface area contributed by atoms with Crippen molar-refractivity contribution in [1.82, 2.24) is 0 Å². The molecular weight excluding hydrogens is 418 g/mol. The van der Waals surface area contributed by atoms with Crippen molar-refractivity contribution in [3.05, 3.63) is 114 Å². The van der Waals surface area contributed by atoms with Crippen molar-refractivity contribution in [3.63, 3.8) is 0 Å². The van der Waals surface area contributed by atoms with Crippen LogP contribution in [-0.4, -0.2) is 11.1 Å². The Morgan fingerprint density at radius 1 is 0.618 bits per heavy atom. The second-order valence-electron chi connectivity index (χ2n) is 8.47. The van der Waals surface area contributed by atoms with E-state index in [1.807, 2.05) is 12.1 Å². The number of carboxylic acids is 1. The number of fused-ring (bicyclic) bond motifs is 2. The lowest BCUT2D eigenvalue weighted by molar-refractivity contribution is 0.0697. The average molecular weight is 446 g/mol. The molecule has 5 aromatic rings. The maximum Gasteiger partial charge on any atom is 0.335 e. The van der Waals surface area contributed by atoms with Crippen LogP contribution in [0.3, 0.4) is 0 Å². The number of rotatable bonds is 6. The molecule has 0 saturated carbocycles. The van der Waals surface area contributed by atoms with Gasteiger partial charge in [-0.05, 0) is 71.1 Å². The summed E-state index contributed by atoms with van der Waals surface area (Å²) in [6, 6.07) is 33.0. The minimum Gasteiger partial charge on any atom is -0.478 e. The van der Waals surface area contributed by atoms with Crippen LogP contribution in [0.1, 0.15) is 35.3 Å². The maximum absolute atomic E-state index is 11.5. The van der Waals surface area contributed by atoms with Gasteiger partial charge in [-0.25, -0.2) is 4.79 Å². The molecule has 0 amide bonds. The molecule has 0 aliphatic carbocycles. The zero-order valence-electron chi connectivity index (χ0n) is 19.5. The number of benzene rings is 5. The van der Waals surface area contributed by atoms with Crippen molar-refractivity contribution in [2.45, 2.75) is 26.7 Å². The van der Waals surface area contributed by atoms with E-state index >= 15 is 0 Å². The van der Waals surface area contributed by atoms with E-state index in [9.17, 15) is 9.90 Å². The summed E-state index contributed by atoms with van der Waals surface area (Å²) < 4.78 is 0. The fraction of sp³-hybridized carbons (Fsp3) is 0.129. The molecule has 168 valence electrons. The Balaban J connectivity index is 1.83. The largest absolute Gasteiger partial charge is 0.478 e.